The van der Waals surface area contributed by atoms with Gasteiger partial charge in [-0.05, 0) is 42.9 Å². The highest BCUT2D eigenvalue weighted by Gasteiger charge is 2.24. The third-order valence-corrected chi connectivity index (χ3v) is 6.20. The quantitative estimate of drug-likeness (QED) is 0.784. The summed E-state index contributed by atoms with van der Waals surface area (Å²) in [6.45, 7) is 6.37. The third-order valence-electron chi connectivity index (χ3n) is 4.28. The first kappa shape index (κ1) is 16.6. The molecular weight excluding hydrogens is 300 g/mol. The standard InChI is InChI=1S/C17H23ClN2S/c1-4-17(5-2,21-3)12-19-11-13-8-9-15(18)14-7-6-10-20-16(13)14/h6-10,19H,4-5,11-12H2,1-3H3. The Kier molecular flexibility index (Phi) is 5.91. The summed E-state index contributed by atoms with van der Waals surface area (Å²) in [5, 5.41) is 5.40. The Morgan fingerprint density at radius 3 is 2.67 bits per heavy atom. The molecule has 0 atom stereocenters. The molecule has 114 valence electrons. The van der Waals surface area contributed by atoms with Crippen molar-refractivity contribution in [3.8, 4) is 0 Å². The zero-order chi connectivity index (χ0) is 15.3. The second-order valence-corrected chi connectivity index (χ2v) is 6.99. The van der Waals surface area contributed by atoms with Crippen LogP contribution in [0.3, 0.4) is 0 Å². The molecule has 0 saturated carbocycles. The molecule has 2 aromatic rings. The molecule has 2 rings (SSSR count). The van der Waals surface area contributed by atoms with E-state index in [-0.39, 0.29) is 0 Å². The Labute approximate surface area is 136 Å². The maximum absolute atomic E-state index is 6.24. The largest absolute Gasteiger partial charge is 0.311 e. The van der Waals surface area contributed by atoms with Crippen LogP contribution < -0.4 is 5.32 Å². The first-order valence-electron chi connectivity index (χ1n) is 7.43. The fourth-order valence-electron chi connectivity index (χ4n) is 2.62. The fraction of sp³-hybridized carbons (Fsp3) is 0.471. The molecule has 0 aliphatic carbocycles. The molecule has 0 amide bonds. The Morgan fingerprint density at radius 2 is 2.00 bits per heavy atom. The van der Waals surface area contributed by atoms with Crippen molar-refractivity contribution < 1.29 is 0 Å². The number of pyridine rings is 1. The number of nitrogens with one attached hydrogen (secondary N) is 1. The van der Waals surface area contributed by atoms with E-state index in [0.717, 1.165) is 29.0 Å². The van der Waals surface area contributed by atoms with Crippen LogP contribution >= 0.6 is 23.4 Å². The summed E-state index contributed by atoms with van der Waals surface area (Å²) < 4.78 is 0.329. The average molecular weight is 323 g/mol. The molecule has 21 heavy (non-hydrogen) atoms. The molecule has 1 aromatic heterocycles. The summed E-state index contributed by atoms with van der Waals surface area (Å²) in [5.74, 6) is 0. The molecular formula is C17H23ClN2S. The van der Waals surface area contributed by atoms with Crippen molar-refractivity contribution in [3.63, 3.8) is 0 Å². The zero-order valence-corrected chi connectivity index (χ0v) is 14.5. The number of benzene rings is 1. The Hall–Kier alpha value is -0.770. The van der Waals surface area contributed by atoms with Gasteiger partial charge in [-0.15, -0.1) is 0 Å². The van der Waals surface area contributed by atoms with Gasteiger partial charge in [0, 0.05) is 34.4 Å². The number of rotatable bonds is 7. The summed E-state index contributed by atoms with van der Waals surface area (Å²) in [7, 11) is 0. The van der Waals surface area contributed by atoms with Gasteiger partial charge in [-0.1, -0.05) is 31.5 Å². The number of fused-ring (bicyclic) bond motifs is 1. The fourth-order valence-corrected chi connectivity index (χ4v) is 3.66. The van der Waals surface area contributed by atoms with Gasteiger partial charge in [0.25, 0.3) is 0 Å². The zero-order valence-electron chi connectivity index (χ0n) is 12.9. The van der Waals surface area contributed by atoms with E-state index in [0.29, 0.717) is 4.75 Å². The van der Waals surface area contributed by atoms with Crippen molar-refractivity contribution in [1.82, 2.24) is 10.3 Å². The second-order valence-electron chi connectivity index (χ2n) is 5.30. The Balaban J connectivity index is 2.13. The van der Waals surface area contributed by atoms with Crippen LogP contribution in [0.2, 0.25) is 5.02 Å². The SMILES string of the molecule is CCC(CC)(CNCc1ccc(Cl)c2cccnc12)SC. The summed E-state index contributed by atoms with van der Waals surface area (Å²) >= 11 is 8.20. The van der Waals surface area contributed by atoms with Gasteiger partial charge in [0.2, 0.25) is 0 Å². The van der Waals surface area contributed by atoms with Crippen LogP contribution in [0.5, 0.6) is 0 Å². The summed E-state index contributed by atoms with van der Waals surface area (Å²) in [5.41, 5.74) is 2.21. The van der Waals surface area contributed by atoms with Crippen molar-refractivity contribution in [3.05, 3.63) is 41.0 Å². The molecule has 0 fully saturated rings. The van der Waals surface area contributed by atoms with Crippen LogP contribution in [0, 0.1) is 0 Å². The molecule has 0 spiro atoms. The van der Waals surface area contributed by atoms with Gasteiger partial charge < -0.3 is 5.32 Å². The number of halogens is 1. The van der Waals surface area contributed by atoms with Crippen LogP contribution in [0.15, 0.2) is 30.5 Å². The maximum atomic E-state index is 6.24. The van der Waals surface area contributed by atoms with Crippen LogP contribution in [0.1, 0.15) is 32.3 Å². The topological polar surface area (TPSA) is 24.9 Å². The van der Waals surface area contributed by atoms with E-state index in [1.165, 1.54) is 18.4 Å². The van der Waals surface area contributed by atoms with E-state index in [1.807, 2.05) is 36.2 Å². The van der Waals surface area contributed by atoms with E-state index in [1.54, 1.807) is 0 Å². The molecule has 1 aromatic carbocycles. The lowest BCUT2D eigenvalue weighted by atomic mass is 10.0. The predicted octanol–water partition coefficient (Wildman–Crippen LogP) is 4.90. The van der Waals surface area contributed by atoms with E-state index in [4.69, 9.17) is 11.6 Å². The third kappa shape index (κ3) is 3.71. The van der Waals surface area contributed by atoms with Crippen LogP contribution in [-0.4, -0.2) is 22.5 Å². The van der Waals surface area contributed by atoms with Crippen LogP contribution in [0.25, 0.3) is 10.9 Å². The van der Waals surface area contributed by atoms with Crippen molar-refractivity contribution in [2.75, 3.05) is 12.8 Å². The molecule has 0 saturated heterocycles. The highest BCUT2D eigenvalue weighted by Crippen LogP contribution is 2.30. The number of aromatic nitrogens is 1. The van der Waals surface area contributed by atoms with Gasteiger partial charge in [0.05, 0.1) is 5.52 Å². The number of hydrogen-bond donors (Lipinski definition) is 1. The predicted molar refractivity (Wildman–Crippen MR) is 95.3 cm³/mol. The molecule has 2 nitrogen and oxygen atoms in total. The van der Waals surface area contributed by atoms with Crippen molar-refractivity contribution in [2.45, 2.75) is 38.0 Å². The van der Waals surface area contributed by atoms with Crippen LogP contribution in [0.4, 0.5) is 0 Å². The van der Waals surface area contributed by atoms with Gasteiger partial charge in [-0.2, -0.15) is 11.8 Å². The molecule has 4 heteroatoms. The minimum absolute atomic E-state index is 0.329. The van der Waals surface area contributed by atoms with Crippen molar-refractivity contribution >= 4 is 34.3 Å². The highest BCUT2D eigenvalue weighted by atomic mass is 35.5. The summed E-state index contributed by atoms with van der Waals surface area (Å²) in [6.07, 6.45) is 6.38. The van der Waals surface area contributed by atoms with Crippen molar-refractivity contribution in [2.24, 2.45) is 0 Å². The monoisotopic (exact) mass is 322 g/mol. The lowest BCUT2D eigenvalue weighted by Crippen LogP contribution is -2.36. The average Bonchev–Trinajstić information content (AvgIpc) is 2.54. The van der Waals surface area contributed by atoms with E-state index >= 15 is 0 Å². The van der Waals surface area contributed by atoms with Gasteiger partial charge >= 0.3 is 0 Å². The molecule has 0 radical (unpaired) electrons. The first-order chi connectivity index (χ1) is 10.2. The smallest absolute Gasteiger partial charge is 0.0761 e. The maximum Gasteiger partial charge on any atom is 0.0761 e. The molecule has 0 aliphatic rings. The van der Waals surface area contributed by atoms with Gasteiger partial charge in [-0.3, -0.25) is 4.98 Å². The van der Waals surface area contributed by atoms with E-state index < -0.39 is 0 Å². The minimum atomic E-state index is 0.329. The Bertz CT molecular complexity index is 588. The normalized spacial score (nSPS) is 12.0. The highest BCUT2D eigenvalue weighted by molar-refractivity contribution is 8.00. The van der Waals surface area contributed by atoms with Crippen molar-refractivity contribution in [1.29, 1.82) is 0 Å². The molecule has 0 bridgehead atoms. The number of hydrogen-bond acceptors (Lipinski definition) is 3. The van der Waals surface area contributed by atoms with E-state index in [9.17, 15) is 0 Å². The van der Waals surface area contributed by atoms with Gasteiger partial charge in [-0.25, -0.2) is 0 Å². The number of thioether (sulfide) groups is 1. The number of nitrogens with zero attached hydrogens (tertiary/aromatic N) is 1. The molecule has 1 N–H and O–H groups in total. The molecule has 1 heterocycles. The molecule has 0 unspecified atom stereocenters. The second kappa shape index (κ2) is 7.48. The van der Waals surface area contributed by atoms with Crippen LogP contribution in [-0.2, 0) is 6.54 Å². The lowest BCUT2D eigenvalue weighted by molar-refractivity contribution is 0.495. The Morgan fingerprint density at radius 1 is 1.24 bits per heavy atom. The molecule has 0 aliphatic heterocycles. The lowest BCUT2D eigenvalue weighted by Gasteiger charge is -2.30. The summed E-state index contributed by atoms with van der Waals surface area (Å²) in [6, 6.07) is 7.99. The minimum Gasteiger partial charge on any atom is -0.311 e. The van der Waals surface area contributed by atoms with E-state index in [2.05, 4.69) is 36.5 Å². The van der Waals surface area contributed by atoms with Gasteiger partial charge in [0.1, 0.15) is 0 Å². The first-order valence-corrected chi connectivity index (χ1v) is 9.04. The summed E-state index contributed by atoms with van der Waals surface area (Å²) in [4.78, 5) is 4.49. The van der Waals surface area contributed by atoms with Gasteiger partial charge in [0.15, 0.2) is 0 Å².